The number of hydrogen-bond acceptors (Lipinski definition) is 3. The topological polar surface area (TPSA) is 54.8 Å². The first-order valence-electron chi connectivity index (χ1n) is 14.5. The zero-order valence-electron chi connectivity index (χ0n) is 23.8. The smallest absolute Gasteiger partial charge is 0.260 e. The number of para-hydroxylation sites is 1. The highest BCUT2D eigenvalue weighted by Gasteiger charge is 2.29. The van der Waals surface area contributed by atoms with Gasteiger partial charge in [0.2, 0.25) is 5.91 Å². The number of ether oxygens (including phenoxy) is 1. The van der Waals surface area contributed by atoms with Gasteiger partial charge in [-0.25, -0.2) is 0 Å². The molecule has 6 nitrogen and oxygen atoms in total. The molecule has 7 heteroatoms. The molecule has 0 radical (unpaired) electrons. The second kappa shape index (κ2) is 14.9. The Morgan fingerprint density at radius 1 is 0.950 bits per heavy atom. The van der Waals surface area contributed by atoms with Gasteiger partial charge in [0.1, 0.15) is 5.75 Å². The van der Waals surface area contributed by atoms with E-state index >= 15 is 0 Å². The van der Waals surface area contributed by atoms with Crippen molar-refractivity contribution in [3.63, 3.8) is 0 Å². The molecule has 40 heavy (non-hydrogen) atoms. The van der Waals surface area contributed by atoms with Gasteiger partial charge in [-0.3, -0.25) is 9.59 Å². The summed E-state index contributed by atoms with van der Waals surface area (Å²) in [7, 11) is 0. The van der Waals surface area contributed by atoms with Crippen LogP contribution in [0.15, 0.2) is 72.9 Å². The molecular weight excluding hydrogens is 522 g/mol. The number of hydrogen-bond donors (Lipinski definition) is 0. The SMILES string of the molecule is CC(C)CCN(CC(=O)N(Cc1cccn1Cc1ccccc1Cl)C1CCCCC1)C(=O)COc1ccccc1. The van der Waals surface area contributed by atoms with Gasteiger partial charge < -0.3 is 19.1 Å². The maximum atomic E-state index is 14.0. The largest absolute Gasteiger partial charge is 0.484 e. The number of benzene rings is 2. The Labute approximate surface area is 243 Å². The van der Waals surface area contributed by atoms with Crippen LogP contribution >= 0.6 is 11.6 Å². The summed E-state index contributed by atoms with van der Waals surface area (Å²) in [6, 6.07) is 21.5. The lowest BCUT2D eigenvalue weighted by Gasteiger charge is -2.36. The van der Waals surface area contributed by atoms with Crippen molar-refractivity contribution < 1.29 is 14.3 Å². The molecule has 1 aliphatic carbocycles. The molecule has 1 saturated carbocycles. The minimum atomic E-state index is -0.163. The number of carbonyl (C=O) groups is 2. The van der Waals surface area contributed by atoms with Crippen LogP contribution in [0.2, 0.25) is 5.02 Å². The Bertz CT molecular complexity index is 1220. The van der Waals surface area contributed by atoms with E-state index in [2.05, 4.69) is 24.5 Å². The van der Waals surface area contributed by atoms with Crippen molar-refractivity contribution in [2.45, 2.75) is 71.5 Å². The monoisotopic (exact) mass is 563 g/mol. The number of nitrogens with zero attached hydrogens (tertiary/aromatic N) is 3. The molecule has 3 aromatic rings. The number of rotatable bonds is 13. The minimum absolute atomic E-state index is 0.00536. The summed E-state index contributed by atoms with van der Waals surface area (Å²) in [5.41, 5.74) is 2.10. The predicted octanol–water partition coefficient (Wildman–Crippen LogP) is 6.80. The lowest BCUT2D eigenvalue weighted by atomic mass is 9.94. The van der Waals surface area contributed by atoms with Gasteiger partial charge in [0.15, 0.2) is 6.61 Å². The van der Waals surface area contributed by atoms with Gasteiger partial charge in [0, 0.05) is 36.0 Å². The van der Waals surface area contributed by atoms with Crippen molar-refractivity contribution >= 4 is 23.4 Å². The van der Waals surface area contributed by atoms with Crippen LogP contribution in [0.5, 0.6) is 5.75 Å². The number of aromatic nitrogens is 1. The Morgan fingerprint density at radius 2 is 1.68 bits per heavy atom. The first-order chi connectivity index (χ1) is 19.4. The third-order valence-corrected chi connectivity index (χ3v) is 8.02. The zero-order chi connectivity index (χ0) is 28.3. The molecule has 2 amide bonds. The summed E-state index contributed by atoms with van der Waals surface area (Å²) in [6.07, 6.45) is 8.31. The van der Waals surface area contributed by atoms with Gasteiger partial charge in [-0.15, -0.1) is 0 Å². The summed E-state index contributed by atoms with van der Waals surface area (Å²) >= 11 is 6.45. The first-order valence-corrected chi connectivity index (χ1v) is 14.9. The molecule has 1 heterocycles. The van der Waals surface area contributed by atoms with E-state index in [-0.39, 0.29) is 31.0 Å². The molecule has 0 N–H and O–H groups in total. The molecule has 2 aromatic carbocycles. The lowest BCUT2D eigenvalue weighted by molar-refractivity contribution is -0.144. The van der Waals surface area contributed by atoms with Gasteiger partial charge in [-0.05, 0) is 61.1 Å². The second-order valence-corrected chi connectivity index (χ2v) is 11.5. The van der Waals surface area contributed by atoms with Crippen LogP contribution < -0.4 is 4.74 Å². The van der Waals surface area contributed by atoms with Crippen LogP contribution in [0.3, 0.4) is 0 Å². The molecule has 0 saturated heterocycles. The fraction of sp³-hybridized carbons (Fsp3) is 0.455. The normalized spacial score (nSPS) is 13.8. The molecule has 0 bridgehead atoms. The van der Waals surface area contributed by atoms with Crippen LogP contribution in [0.4, 0.5) is 0 Å². The fourth-order valence-electron chi connectivity index (χ4n) is 5.26. The van der Waals surface area contributed by atoms with Crippen LogP contribution in [-0.2, 0) is 22.7 Å². The summed E-state index contributed by atoms with van der Waals surface area (Å²) in [5.74, 6) is 0.898. The number of carbonyl (C=O) groups excluding carboxylic acids is 2. The van der Waals surface area contributed by atoms with Crippen LogP contribution in [0.25, 0.3) is 0 Å². The molecular formula is C33H42ClN3O3. The molecule has 0 atom stereocenters. The van der Waals surface area contributed by atoms with E-state index < -0.39 is 0 Å². The summed E-state index contributed by atoms with van der Waals surface area (Å²) < 4.78 is 7.92. The zero-order valence-corrected chi connectivity index (χ0v) is 24.6. The second-order valence-electron chi connectivity index (χ2n) is 11.1. The van der Waals surface area contributed by atoms with Gasteiger partial charge in [-0.1, -0.05) is 81.1 Å². The molecule has 1 fully saturated rings. The first kappa shape index (κ1) is 29.7. The van der Waals surface area contributed by atoms with Crippen molar-refractivity contribution in [3.05, 3.63) is 89.2 Å². The molecule has 1 aromatic heterocycles. The van der Waals surface area contributed by atoms with E-state index in [1.165, 1.54) is 6.42 Å². The molecule has 0 aliphatic heterocycles. The predicted molar refractivity (Wildman–Crippen MR) is 160 cm³/mol. The van der Waals surface area contributed by atoms with E-state index in [9.17, 15) is 9.59 Å². The van der Waals surface area contributed by atoms with Crippen molar-refractivity contribution in [3.8, 4) is 5.75 Å². The van der Waals surface area contributed by atoms with E-state index in [1.807, 2.05) is 71.8 Å². The molecule has 214 valence electrons. The van der Waals surface area contributed by atoms with E-state index in [1.54, 1.807) is 4.90 Å². The van der Waals surface area contributed by atoms with Crippen LogP contribution in [-0.4, -0.2) is 51.9 Å². The Balaban J connectivity index is 1.50. The van der Waals surface area contributed by atoms with Crippen molar-refractivity contribution in [1.29, 1.82) is 0 Å². The molecule has 0 unspecified atom stereocenters. The Kier molecular flexibility index (Phi) is 11.1. The highest BCUT2D eigenvalue weighted by atomic mass is 35.5. The average Bonchev–Trinajstić information content (AvgIpc) is 3.41. The van der Waals surface area contributed by atoms with Gasteiger partial charge >= 0.3 is 0 Å². The van der Waals surface area contributed by atoms with Crippen molar-refractivity contribution in [1.82, 2.24) is 14.4 Å². The lowest BCUT2D eigenvalue weighted by Crippen LogP contribution is -2.48. The quantitative estimate of drug-likeness (QED) is 0.230. The molecule has 0 spiro atoms. The Hall–Kier alpha value is -3.25. The highest BCUT2D eigenvalue weighted by Crippen LogP contribution is 2.26. The summed E-state index contributed by atoms with van der Waals surface area (Å²) in [6.45, 7) is 5.92. The standard InChI is InChI=1S/C33H42ClN3O3/c1-26(2)19-21-36(33(39)25-40-30-16-7-4-8-17-30)24-32(38)37(28-13-5-3-6-14-28)23-29-15-11-20-35(29)22-27-12-9-10-18-31(27)34/h4,7-12,15-18,20,26,28H,3,5-6,13-14,19,21-25H2,1-2H3. The van der Waals surface area contributed by atoms with Crippen LogP contribution in [0.1, 0.15) is 63.6 Å². The maximum absolute atomic E-state index is 14.0. The fourth-order valence-corrected chi connectivity index (χ4v) is 5.45. The third kappa shape index (κ3) is 8.62. The molecule has 1 aliphatic rings. The van der Waals surface area contributed by atoms with Gasteiger partial charge in [0.05, 0.1) is 13.1 Å². The van der Waals surface area contributed by atoms with E-state index in [0.29, 0.717) is 31.3 Å². The highest BCUT2D eigenvalue weighted by molar-refractivity contribution is 6.31. The van der Waals surface area contributed by atoms with E-state index in [4.69, 9.17) is 16.3 Å². The number of amides is 2. The third-order valence-electron chi connectivity index (χ3n) is 7.65. The van der Waals surface area contributed by atoms with Gasteiger partial charge in [0.25, 0.3) is 5.91 Å². The summed E-state index contributed by atoms with van der Waals surface area (Å²) in [5, 5.41) is 0.736. The number of halogens is 1. The van der Waals surface area contributed by atoms with Gasteiger partial charge in [-0.2, -0.15) is 0 Å². The van der Waals surface area contributed by atoms with Crippen LogP contribution in [0, 0.1) is 5.92 Å². The summed E-state index contributed by atoms with van der Waals surface area (Å²) in [4.78, 5) is 31.0. The minimum Gasteiger partial charge on any atom is -0.484 e. The molecule has 4 rings (SSSR count). The van der Waals surface area contributed by atoms with Crippen molar-refractivity contribution in [2.75, 3.05) is 19.7 Å². The Morgan fingerprint density at radius 3 is 2.40 bits per heavy atom. The maximum Gasteiger partial charge on any atom is 0.260 e. The van der Waals surface area contributed by atoms with E-state index in [0.717, 1.165) is 48.4 Å². The average molecular weight is 564 g/mol. The van der Waals surface area contributed by atoms with Crippen molar-refractivity contribution in [2.24, 2.45) is 5.92 Å².